The molecule has 0 N–H and O–H groups in total. The first-order chi connectivity index (χ1) is 6.07. The molecular formula is C9H10O3S. The fourth-order valence-corrected chi connectivity index (χ4v) is 2.10. The minimum Gasteiger partial charge on any atom is -0.465 e. The Morgan fingerprint density at radius 3 is 2.46 bits per heavy atom. The summed E-state index contributed by atoms with van der Waals surface area (Å²) in [7, 11) is 1.33. The SMILES string of the molecule is COC(=O)c1scc(C(C)=O)c1C. The van der Waals surface area contributed by atoms with Crippen LogP contribution in [0.1, 0.15) is 32.5 Å². The van der Waals surface area contributed by atoms with Gasteiger partial charge in [-0.05, 0) is 19.4 Å². The van der Waals surface area contributed by atoms with Gasteiger partial charge in [-0.15, -0.1) is 11.3 Å². The molecule has 0 unspecified atom stereocenters. The molecule has 0 atom stereocenters. The second kappa shape index (κ2) is 3.70. The van der Waals surface area contributed by atoms with Gasteiger partial charge in [0, 0.05) is 10.9 Å². The first kappa shape index (κ1) is 9.92. The van der Waals surface area contributed by atoms with Gasteiger partial charge in [-0.25, -0.2) is 4.79 Å². The summed E-state index contributed by atoms with van der Waals surface area (Å²) in [6.07, 6.45) is 0. The van der Waals surface area contributed by atoms with E-state index in [0.717, 1.165) is 0 Å². The molecule has 0 aromatic carbocycles. The van der Waals surface area contributed by atoms with Gasteiger partial charge in [0.2, 0.25) is 0 Å². The van der Waals surface area contributed by atoms with E-state index in [9.17, 15) is 9.59 Å². The minimum absolute atomic E-state index is 0.0242. The second-order valence-electron chi connectivity index (χ2n) is 2.65. The zero-order chi connectivity index (χ0) is 10.0. The molecule has 1 heterocycles. The summed E-state index contributed by atoms with van der Waals surface area (Å²) in [5.74, 6) is -0.404. The van der Waals surface area contributed by atoms with Crippen molar-refractivity contribution < 1.29 is 14.3 Å². The topological polar surface area (TPSA) is 43.4 Å². The molecule has 1 aromatic rings. The maximum Gasteiger partial charge on any atom is 0.348 e. The predicted molar refractivity (Wildman–Crippen MR) is 50.4 cm³/mol. The van der Waals surface area contributed by atoms with Crippen LogP contribution in [0, 0.1) is 6.92 Å². The third-order valence-electron chi connectivity index (χ3n) is 1.79. The molecule has 0 saturated heterocycles. The molecule has 0 aliphatic rings. The van der Waals surface area contributed by atoms with Gasteiger partial charge in [0.25, 0.3) is 0 Å². The van der Waals surface area contributed by atoms with E-state index >= 15 is 0 Å². The zero-order valence-electron chi connectivity index (χ0n) is 7.71. The maximum atomic E-state index is 11.1. The van der Waals surface area contributed by atoms with Gasteiger partial charge in [0.15, 0.2) is 5.78 Å². The number of carbonyl (C=O) groups is 2. The number of hydrogen-bond acceptors (Lipinski definition) is 4. The Morgan fingerprint density at radius 2 is 2.08 bits per heavy atom. The molecule has 0 radical (unpaired) electrons. The molecule has 4 heteroatoms. The summed E-state index contributed by atoms with van der Waals surface area (Å²) in [5, 5.41) is 1.68. The van der Waals surface area contributed by atoms with Crippen LogP contribution in [-0.2, 0) is 4.74 Å². The van der Waals surface area contributed by atoms with Crippen molar-refractivity contribution >= 4 is 23.1 Å². The highest BCUT2D eigenvalue weighted by Crippen LogP contribution is 2.22. The van der Waals surface area contributed by atoms with E-state index < -0.39 is 0 Å². The standard InChI is InChI=1S/C9H10O3S/c1-5-7(6(2)10)4-13-8(5)9(11)12-3/h4H,1-3H3. The number of rotatable bonds is 2. The quantitative estimate of drug-likeness (QED) is 0.539. The molecule has 0 aliphatic carbocycles. The molecule has 1 rings (SSSR count). The van der Waals surface area contributed by atoms with E-state index in [1.165, 1.54) is 25.4 Å². The number of Topliss-reactive ketones (excluding diaryl/α,β-unsaturated/α-hetero) is 1. The lowest BCUT2D eigenvalue weighted by Crippen LogP contribution is -2.01. The Morgan fingerprint density at radius 1 is 1.46 bits per heavy atom. The van der Waals surface area contributed by atoms with Crippen molar-refractivity contribution in [2.75, 3.05) is 7.11 Å². The predicted octanol–water partition coefficient (Wildman–Crippen LogP) is 2.05. The lowest BCUT2D eigenvalue weighted by atomic mass is 10.1. The summed E-state index contributed by atoms with van der Waals surface area (Å²) in [6.45, 7) is 3.23. The molecule has 1 aromatic heterocycles. The second-order valence-corrected chi connectivity index (χ2v) is 3.53. The van der Waals surface area contributed by atoms with Crippen molar-refractivity contribution in [3.63, 3.8) is 0 Å². The third-order valence-corrected chi connectivity index (χ3v) is 2.85. The Kier molecular flexibility index (Phi) is 2.83. The van der Waals surface area contributed by atoms with Crippen LogP contribution < -0.4 is 0 Å². The first-order valence-corrected chi connectivity index (χ1v) is 4.63. The highest BCUT2D eigenvalue weighted by molar-refractivity contribution is 7.12. The molecule has 3 nitrogen and oxygen atoms in total. The summed E-state index contributed by atoms with van der Waals surface area (Å²) in [6, 6.07) is 0. The van der Waals surface area contributed by atoms with E-state index in [-0.39, 0.29) is 11.8 Å². The van der Waals surface area contributed by atoms with Gasteiger partial charge in [-0.2, -0.15) is 0 Å². The maximum absolute atomic E-state index is 11.1. The van der Waals surface area contributed by atoms with E-state index in [0.29, 0.717) is 16.0 Å². The van der Waals surface area contributed by atoms with E-state index in [4.69, 9.17) is 0 Å². The van der Waals surface area contributed by atoms with Crippen LogP contribution in [0.2, 0.25) is 0 Å². The van der Waals surface area contributed by atoms with Gasteiger partial charge in [0.1, 0.15) is 4.88 Å². The van der Waals surface area contributed by atoms with Crippen LogP contribution in [0.4, 0.5) is 0 Å². The van der Waals surface area contributed by atoms with Crippen LogP contribution in [0.3, 0.4) is 0 Å². The van der Waals surface area contributed by atoms with Crippen LogP contribution >= 0.6 is 11.3 Å². The molecule has 13 heavy (non-hydrogen) atoms. The number of hydrogen-bond donors (Lipinski definition) is 0. The third kappa shape index (κ3) is 1.78. The number of thiophene rings is 1. The largest absolute Gasteiger partial charge is 0.465 e. The van der Waals surface area contributed by atoms with Crippen LogP contribution in [0.15, 0.2) is 5.38 Å². The normalized spacial score (nSPS) is 9.77. The zero-order valence-corrected chi connectivity index (χ0v) is 8.53. The van der Waals surface area contributed by atoms with Gasteiger partial charge >= 0.3 is 5.97 Å². The summed E-state index contributed by atoms with van der Waals surface area (Å²) < 4.78 is 4.57. The van der Waals surface area contributed by atoms with E-state index in [2.05, 4.69) is 4.74 Å². The molecule has 0 fully saturated rings. The fraction of sp³-hybridized carbons (Fsp3) is 0.333. The van der Waals surface area contributed by atoms with Gasteiger partial charge in [0.05, 0.1) is 7.11 Å². The van der Waals surface area contributed by atoms with Crippen LogP contribution in [0.25, 0.3) is 0 Å². The van der Waals surface area contributed by atoms with Gasteiger partial charge < -0.3 is 4.74 Å². The van der Waals surface area contributed by atoms with E-state index in [1.807, 2.05) is 0 Å². The minimum atomic E-state index is -0.380. The van der Waals surface area contributed by atoms with Crippen molar-refractivity contribution in [1.82, 2.24) is 0 Å². The van der Waals surface area contributed by atoms with Crippen LogP contribution in [0.5, 0.6) is 0 Å². The molecule has 70 valence electrons. The first-order valence-electron chi connectivity index (χ1n) is 3.75. The Balaban J connectivity index is 3.13. The van der Waals surface area contributed by atoms with E-state index in [1.54, 1.807) is 12.3 Å². The Hall–Kier alpha value is -1.16. The molecule has 0 amide bonds. The summed E-state index contributed by atoms with van der Waals surface area (Å²) >= 11 is 1.24. The number of ether oxygens (including phenoxy) is 1. The average molecular weight is 198 g/mol. The van der Waals surface area contributed by atoms with Crippen molar-refractivity contribution in [3.8, 4) is 0 Å². The average Bonchev–Trinajstić information content (AvgIpc) is 2.46. The van der Waals surface area contributed by atoms with Gasteiger partial charge in [-0.3, -0.25) is 4.79 Å². The van der Waals surface area contributed by atoms with Crippen molar-refractivity contribution in [2.45, 2.75) is 13.8 Å². The van der Waals surface area contributed by atoms with Gasteiger partial charge in [-0.1, -0.05) is 0 Å². The number of ketones is 1. The Labute approximate surface area is 80.3 Å². The molecule has 0 aliphatic heterocycles. The summed E-state index contributed by atoms with van der Waals surface area (Å²) in [4.78, 5) is 22.7. The molecule has 0 saturated carbocycles. The monoisotopic (exact) mass is 198 g/mol. The highest BCUT2D eigenvalue weighted by atomic mass is 32.1. The highest BCUT2D eigenvalue weighted by Gasteiger charge is 2.16. The smallest absolute Gasteiger partial charge is 0.348 e. The number of methoxy groups -OCH3 is 1. The molecule has 0 spiro atoms. The fourth-order valence-electron chi connectivity index (χ4n) is 1.06. The van der Waals surface area contributed by atoms with Crippen molar-refractivity contribution in [1.29, 1.82) is 0 Å². The number of carbonyl (C=O) groups excluding carboxylic acids is 2. The number of esters is 1. The molecular weight excluding hydrogens is 188 g/mol. The summed E-state index contributed by atoms with van der Waals surface area (Å²) in [5.41, 5.74) is 1.31. The van der Waals surface area contributed by atoms with Crippen molar-refractivity contribution in [2.24, 2.45) is 0 Å². The lowest BCUT2D eigenvalue weighted by molar-refractivity contribution is 0.0605. The Bertz CT molecular complexity index is 352. The van der Waals surface area contributed by atoms with Crippen molar-refractivity contribution in [3.05, 3.63) is 21.4 Å². The lowest BCUT2D eigenvalue weighted by Gasteiger charge is -1.97. The molecule has 0 bridgehead atoms. The van der Waals surface area contributed by atoms with Crippen LogP contribution in [-0.4, -0.2) is 18.9 Å².